The summed E-state index contributed by atoms with van der Waals surface area (Å²) < 4.78 is 1.27. The van der Waals surface area contributed by atoms with Crippen LogP contribution in [0, 0.1) is 6.92 Å². The van der Waals surface area contributed by atoms with Gasteiger partial charge in [0.25, 0.3) is 0 Å². The Balaban J connectivity index is 3.05. The summed E-state index contributed by atoms with van der Waals surface area (Å²) in [4.78, 5) is 18.0. The monoisotopic (exact) mass is 151 g/mol. The number of aryl methyl sites for hydroxylation is 1. The van der Waals surface area contributed by atoms with Crippen molar-refractivity contribution in [2.24, 2.45) is 10.1 Å². The first-order chi connectivity index (χ1) is 5.27. The summed E-state index contributed by atoms with van der Waals surface area (Å²) in [5.74, 6) is 0. The summed E-state index contributed by atoms with van der Waals surface area (Å²) in [6, 6.07) is 1.49. The molecule has 1 aliphatic heterocycles. The number of aromatic nitrogens is 2. The molecule has 1 N–H and O–H groups in total. The normalized spacial score (nSPS) is 13.5. The molecule has 5 heteroatoms. The molecule has 0 aromatic carbocycles. The number of rotatable bonds is 0. The minimum Gasteiger partial charge on any atom is -0.248 e. The van der Waals surface area contributed by atoms with Crippen molar-refractivity contribution in [1.29, 1.82) is 0 Å². The Kier molecular flexibility index (Phi) is 1.12. The zero-order valence-electron chi connectivity index (χ0n) is 6.03. The third-order valence-corrected chi connectivity index (χ3v) is 1.48. The lowest BCUT2D eigenvalue weighted by atomic mass is 10.5. The first kappa shape index (κ1) is 6.21. The highest BCUT2D eigenvalue weighted by Crippen LogP contribution is 1.77. The number of hydrogen-bond donors (Lipinski definition) is 1. The Morgan fingerprint density at radius 2 is 2.55 bits per heavy atom. The van der Waals surface area contributed by atoms with Crippen molar-refractivity contribution >= 4 is 0 Å². The maximum atomic E-state index is 11.1. The van der Waals surface area contributed by atoms with E-state index in [2.05, 4.69) is 15.1 Å². The van der Waals surface area contributed by atoms with Crippen LogP contribution in [0.15, 0.2) is 21.0 Å². The first-order valence-corrected chi connectivity index (χ1v) is 3.28. The standard InChI is InChI=1S/C6H6N4O/c1-4-2-5(11)10-6(9-4)7-3-8-10/h2H,3H2,1H3/p+1. The third-order valence-electron chi connectivity index (χ3n) is 1.48. The summed E-state index contributed by atoms with van der Waals surface area (Å²) in [5.41, 5.74) is 1.22. The average Bonchev–Trinajstić information content (AvgIpc) is 2.34. The molecular formula is C6H7N4O+. The van der Waals surface area contributed by atoms with Crippen molar-refractivity contribution in [2.45, 2.75) is 6.92 Å². The molecule has 1 aliphatic rings. The molecule has 0 radical (unpaired) electrons. The van der Waals surface area contributed by atoms with Gasteiger partial charge in [-0.15, -0.1) is 0 Å². The minimum atomic E-state index is -0.127. The van der Waals surface area contributed by atoms with Gasteiger partial charge in [0.2, 0.25) is 6.67 Å². The van der Waals surface area contributed by atoms with E-state index in [0.717, 1.165) is 5.69 Å². The highest BCUT2D eigenvalue weighted by molar-refractivity contribution is 4.90. The molecule has 0 bridgehead atoms. The van der Waals surface area contributed by atoms with Gasteiger partial charge in [0, 0.05) is 0 Å². The van der Waals surface area contributed by atoms with E-state index in [1.807, 2.05) is 6.92 Å². The van der Waals surface area contributed by atoms with Crippen LogP contribution in [-0.2, 0) is 0 Å². The molecule has 0 fully saturated rings. The second kappa shape index (κ2) is 1.98. The average molecular weight is 151 g/mol. The number of nitrogens with zero attached hydrogens (tertiary/aromatic N) is 3. The fraction of sp³-hybridized carbons (Fsp3) is 0.333. The molecule has 11 heavy (non-hydrogen) atoms. The molecule has 56 valence electrons. The van der Waals surface area contributed by atoms with Crippen LogP contribution in [0.25, 0.3) is 0 Å². The Hall–Kier alpha value is -1.52. The van der Waals surface area contributed by atoms with Crippen molar-refractivity contribution in [1.82, 2.24) is 4.98 Å². The van der Waals surface area contributed by atoms with Crippen LogP contribution in [0.5, 0.6) is 0 Å². The summed E-state index contributed by atoms with van der Waals surface area (Å²) in [5, 5.41) is 3.85. The van der Waals surface area contributed by atoms with E-state index >= 15 is 0 Å². The molecule has 1 aromatic heterocycles. The topological polar surface area (TPSA) is 63.5 Å². The van der Waals surface area contributed by atoms with Gasteiger partial charge in [-0.1, -0.05) is 14.5 Å². The molecule has 2 heterocycles. The second-order valence-electron chi connectivity index (χ2n) is 2.37. The van der Waals surface area contributed by atoms with Gasteiger partial charge in [-0.2, -0.15) is 0 Å². The maximum Gasteiger partial charge on any atom is 0.420 e. The fourth-order valence-corrected chi connectivity index (χ4v) is 1.02. The number of H-pyrrole nitrogens is 1. The van der Waals surface area contributed by atoms with E-state index in [0.29, 0.717) is 12.3 Å². The zero-order valence-corrected chi connectivity index (χ0v) is 6.03. The van der Waals surface area contributed by atoms with Gasteiger partial charge in [0.15, 0.2) is 0 Å². The van der Waals surface area contributed by atoms with E-state index in [1.54, 1.807) is 0 Å². The van der Waals surface area contributed by atoms with Gasteiger partial charge in [0.05, 0.1) is 11.8 Å². The maximum absolute atomic E-state index is 11.1. The number of fused-ring (bicyclic) bond motifs is 1. The van der Waals surface area contributed by atoms with Crippen LogP contribution in [0.3, 0.4) is 0 Å². The summed E-state index contributed by atoms with van der Waals surface area (Å²) in [6.45, 7) is 2.16. The van der Waals surface area contributed by atoms with Crippen LogP contribution < -0.4 is 15.5 Å². The molecule has 0 spiro atoms. The summed E-state index contributed by atoms with van der Waals surface area (Å²) >= 11 is 0. The van der Waals surface area contributed by atoms with Crippen LogP contribution in [-0.4, -0.2) is 11.7 Å². The fourth-order valence-electron chi connectivity index (χ4n) is 1.02. The minimum absolute atomic E-state index is 0.127. The van der Waals surface area contributed by atoms with E-state index < -0.39 is 0 Å². The van der Waals surface area contributed by atoms with Crippen molar-refractivity contribution in [3.05, 3.63) is 27.7 Å². The quantitative estimate of drug-likeness (QED) is 0.455. The van der Waals surface area contributed by atoms with Crippen LogP contribution in [0.4, 0.5) is 0 Å². The molecule has 0 aliphatic carbocycles. The van der Waals surface area contributed by atoms with E-state index in [9.17, 15) is 4.79 Å². The molecule has 1 aromatic rings. The van der Waals surface area contributed by atoms with Crippen molar-refractivity contribution in [3.8, 4) is 0 Å². The molecule has 0 saturated heterocycles. The van der Waals surface area contributed by atoms with Crippen LogP contribution >= 0.6 is 0 Å². The number of nitrogens with one attached hydrogen (secondary N) is 1. The Bertz CT molecular complexity index is 458. The van der Waals surface area contributed by atoms with Gasteiger partial charge in [0.1, 0.15) is 0 Å². The van der Waals surface area contributed by atoms with Gasteiger partial charge < -0.3 is 0 Å². The molecule has 0 amide bonds. The zero-order chi connectivity index (χ0) is 7.84. The number of hydrogen-bond acceptors (Lipinski definition) is 3. The molecule has 0 saturated carbocycles. The van der Waals surface area contributed by atoms with Gasteiger partial charge in [-0.3, -0.25) is 0 Å². The molecule has 0 unspecified atom stereocenters. The Labute approximate surface area is 61.8 Å². The molecular weight excluding hydrogens is 144 g/mol. The van der Waals surface area contributed by atoms with Gasteiger partial charge in [-0.25, -0.2) is 9.78 Å². The lowest BCUT2D eigenvalue weighted by molar-refractivity contribution is -0.578. The largest absolute Gasteiger partial charge is 0.420 e. The lowest BCUT2D eigenvalue weighted by Gasteiger charge is -1.81. The first-order valence-electron chi connectivity index (χ1n) is 3.28. The van der Waals surface area contributed by atoms with Crippen molar-refractivity contribution in [2.75, 3.05) is 6.67 Å². The Morgan fingerprint density at radius 3 is 3.36 bits per heavy atom. The predicted molar refractivity (Wildman–Crippen MR) is 35.8 cm³/mol. The Morgan fingerprint density at radius 1 is 1.73 bits per heavy atom. The molecule has 0 atom stereocenters. The predicted octanol–water partition coefficient (Wildman–Crippen LogP) is -1.41. The van der Waals surface area contributed by atoms with Crippen molar-refractivity contribution < 1.29 is 4.36 Å². The third kappa shape index (κ3) is 0.849. The van der Waals surface area contributed by atoms with Gasteiger partial charge in [-0.05, 0) is 6.92 Å². The summed E-state index contributed by atoms with van der Waals surface area (Å²) in [6.07, 6.45) is 0. The van der Waals surface area contributed by atoms with Crippen LogP contribution in [0.1, 0.15) is 5.69 Å². The summed E-state index contributed by atoms with van der Waals surface area (Å²) in [7, 11) is 0. The van der Waals surface area contributed by atoms with E-state index in [4.69, 9.17) is 0 Å². The smallest absolute Gasteiger partial charge is 0.248 e. The van der Waals surface area contributed by atoms with Crippen molar-refractivity contribution in [3.63, 3.8) is 0 Å². The second-order valence-corrected chi connectivity index (χ2v) is 2.37. The number of aromatic amines is 1. The molecule has 2 rings (SSSR count). The van der Waals surface area contributed by atoms with Crippen LogP contribution in [0.2, 0.25) is 0 Å². The van der Waals surface area contributed by atoms with Gasteiger partial charge >= 0.3 is 11.2 Å². The lowest BCUT2D eigenvalue weighted by Crippen LogP contribution is -2.50. The highest BCUT2D eigenvalue weighted by atomic mass is 16.1. The van der Waals surface area contributed by atoms with E-state index in [1.165, 1.54) is 10.4 Å². The molecule has 5 nitrogen and oxygen atoms in total. The van der Waals surface area contributed by atoms with E-state index in [-0.39, 0.29) is 5.56 Å². The SMILES string of the molecule is Cc1cc(=O)[n+]2c([nH]1)=NCN=2. The highest BCUT2D eigenvalue weighted by Gasteiger charge is 2.07.